The Bertz CT molecular complexity index is 472. The molecular weight excluding hydrogens is 254 g/mol. The Hall–Kier alpha value is -2.64. The number of nitro groups is 1. The summed E-state index contributed by atoms with van der Waals surface area (Å²) in [7, 11) is 0. The average Bonchev–Trinajstić information content (AvgIpc) is 2.37. The second kappa shape index (κ2) is 6.94. The molecule has 0 saturated carbocycles. The van der Waals surface area contributed by atoms with Crippen molar-refractivity contribution < 1.29 is 19.6 Å². The van der Waals surface area contributed by atoms with Crippen molar-refractivity contribution in [2.45, 2.75) is 6.42 Å². The smallest absolute Gasteiger partial charge is 0.323 e. The largest absolute Gasteiger partial charge is 0.480 e. The number of rotatable bonds is 6. The number of hydrogen-bond acceptors (Lipinski definition) is 4. The number of nitro benzene ring substituents is 1. The molecule has 0 heterocycles. The molecule has 0 aliphatic rings. The van der Waals surface area contributed by atoms with Crippen molar-refractivity contribution >= 4 is 17.7 Å². The fraction of sp³-hybridized carbons (Fsp3) is 0.273. The fourth-order valence-electron chi connectivity index (χ4n) is 1.32. The quantitative estimate of drug-likeness (QED) is 0.512. The Morgan fingerprint density at radius 1 is 1.21 bits per heavy atom. The maximum atomic E-state index is 11.1. The summed E-state index contributed by atoms with van der Waals surface area (Å²) in [4.78, 5) is 31.2. The van der Waals surface area contributed by atoms with Crippen LogP contribution in [0.3, 0.4) is 0 Å². The molecule has 8 nitrogen and oxygen atoms in total. The van der Waals surface area contributed by atoms with E-state index in [0.29, 0.717) is 13.0 Å². The molecule has 1 aromatic rings. The van der Waals surface area contributed by atoms with Crippen molar-refractivity contribution in [2.75, 3.05) is 13.1 Å². The Labute approximate surface area is 108 Å². The molecule has 102 valence electrons. The van der Waals surface area contributed by atoms with Crippen LogP contribution in [0.15, 0.2) is 24.3 Å². The summed E-state index contributed by atoms with van der Waals surface area (Å²) in [6, 6.07) is 5.42. The van der Waals surface area contributed by atoms with E-state index in [4.69, 9.17) is 5.11 Å². The van der Waals surface area contributed by atoms with Crippen LogP contribution in [0.2, 0.25) is 0 Å². The Morgan fingerprint density at radius 2 is 1.84 bits per heavy atom. The number of aliphatic carboxylic acids is 1. The van der Waals surface area contributed by atoms with Gasteiger partial charge in [0, 0.05) is 18.7 Å². The van der Waals surface area contributed by atoms with Gasteiger partial charge in [-0.1, -0.05) is 12.1 Å². The highest BCUT2D eigenvalue weighted by Gasteiger charge is 2.05. The first kappa shape index (κ1) is 14.4. The number of benzene rings is 1. The minimum absolute atomic E-state index is 0.0101. The van der Waals surface area contributed by atoms with E-state index in [1.54, 1.807) is 12.1 Å². The van der Waals surface area contributed by atoms with Crippen molar-refractivity contribution in [3.63, 3.8) is 0 Å². The molecule has 0 saturated heterocycles. The lowest BCUT2D eigenvalue weighted by Crippen LogP contribution is -2.39. The monoisotopic (exact) mass is 267 g/mol. The molecular formula is C11H13N3O5. The van der Waals surface area contributed by atoms with Crippen LogP contribution in [0.4, 0.5) is 10.5 Å². The summed E-state index contributed by atoms with van der Waals surface area (Å²) >= 11 is 0. The van der Waals surface area contributed by atoms with E-state index in [1.807, 2.05) is 0 Å². The molecule has 1 aromatic carbocycles. The van der Waals surface area contributed by atoms with E-state index in [2.05, 4.69) is 10.6 Å². The van der Waals surface area contributed by atoms with E-state index >= 15 is 0 Å². The number of carboxylic acids is 1. The number of carbonyl (C=O) groups excluding carboxylic acids is 1. The molecule has 0 aliphatic heterocycles. The number of amides is 2. The molecule has 2 amide bonds. The molecule has 0 aliphatic carbocycles. The third kappa shape index (κ3) is 5.48. The normalized spacial score (nSPS) is 9.68. The number of nitrogens with one attached hydrogen (secondary N) is 2. The van der Waals surface area contributed by atoms with Gasteiger partial charge < -0.3 is 15.7 Å². The zero-order chi connectivity index (χ0) is 14.3. The molecule has 0 radical (unpaired) electrons. The second-order valence-electron chi connectivity index (χ2n) is 3.68. The lowest BCUT2D eigenvalue weighted by Gasteiger charge is -2.05. The van der Waals surface area contributed by atoms with Crippen LogP contribution in [0.25, 0.3) is 0 Å². The van der Waals surface area contributed by atoms with Gasteiger partial charge in [0.15, 0.2) is 0 Å². The molecule has 0 aromatic heterocycles. The van der Waals surface area contributed by atoms with Crippen molar-refractivity contribution in [1.82, 2.24) is 10.6 Å². The lowest BCUT2D eigenvalue weighted by molar-refractivity contribution is -0.384. The van der Waals surface area contributed by atoms with Crippen LogP contribution in [0.1, 0.15) is 5.56 Å². The first-order chi connectivity index (χ1) is 8.99. The zero-order valence-corrected chi connectivity index (χ0v) is 9.96. The second-order valence-corrected chi connectivity index (χ2v) is 3.68. The predicted octanol–water partition coefficient (Wildman–Crippen LogP) is 0.521. The number of carbonyl (C=O) groups is 2. The predicted molar refractivity (Wildman–Crippen MR) is 65.8 cm³/mol. The van der Waals surface area contributed by atoms with Gasteiger partial charge in [-0.2, -0.15) is 0 Å². The topological polar surface area (TPSA) is 122 Å². The third-order valence-electron chi connectivity index (χ3n) is 2.25. The zero-order valence-electron chi connectivity index (χ0n) is 9.96. The first-order valence-electron chi connectivity index (χ1n) is 5.46. The van der Waals surface area contributed by atoms with Crippen LogP contribution in [0.5, 0.6) is 0 Å². The molecule has 1 rings (SSSR count). The van der Waals surface area contributed by atoms with Gasteiger partial charge in [0.05, 0.1) is 4.92 Å². The average molecular weight is 267 g/mol. The van der Waals surface area contributed by atoms with Gasteiger partial charge in [0.1, 0.15) is 6.54 Å². The lowest BCUT2D eigenvalue weighted by atomic mass is 10.1. The van der Waals surface area contributed by atoms with Crippen LogP contribution in [-0.2, 0) is 11.2 Å². The maximum absolute atomic E-state index is 11.1. The Balaban J connectivity index is 2.31. The molecule has 3 N–H and O–H groups in total. The molecule has 0 atom stereocenters. The van der Waals surface area contributed by atoms with Gasteiger partial charge in [-0.25, -0.2) is 4.79 Å². The maximum Gasteiger partial charge on any atom is 0.323 e. The van der Waals surface area contributed by atoms with E-state index in [-0.39, 0.29) is 5.69 Å². The van der Waals surface area contributed by atoms with Gasteiger partial charge in [0.25, 0.3) is 5.69 Å². The highest BCUT2D eigenvalue weighted by molar-refractivity contribution is 5.79. The van der Waals surface area contributed by atoms with Gasteiger partial charge in [0.2, 0.25) is 0 Å². The van der Waals surface area contributed by atoms with Gasteiger partial charge in [-0.05, 0) is 12.0 Å². The molecule has 0 unspecified atom stereocenters. The van der Waals surface area contributed by atoms with Gasteiger partial charge >= 0.3 is 12.0 Å². The number of carboxylic acid groups (broad SMARTS) is 1. The summed E-state index contributed by atoms with van der Waals surface area (Å²) in [6.07, 6.45) is 0.498. The summed E-state index contributed by atoms with van der Waals surface area (Å²) in [5.41, 5.74) is 0.847. The SMILES string of the molecule is O=C(O)CNC(=O)NCCc1ccc([N+](=O)[O-])cc1. The number of non-ortho nitro benzene ring substituents is 1. The highest BCUT2D eigenvalue weighted by Crippen LogP contribution is 2.11. The van der Waals surface area contributed by atoms with Crippen molar-refractivity contribution in [1.29, 1.82) is 0 Å². The van der Waals surface area contributed by atoms with Crippen molar-refractivity contribution in [2.24, 2.45) is 0 Å². The summed E-state index contributed by atoms with van der Waals surface area (Å²) in [6.45, 7) is -0.132. The number of nitrogens with zero attached hydrogens (tertiary/aromatic N) is 1. The number of urea groups is 1. The van der Waals surface area contributed by atoms with Crippen LogP contribution >= 0.6 is 0 Å². The first-order valence-corrected chi connectivity index (χ1v) is 5.46. The number of hydrogen-bond donors (Lipinski definition) is 3. The molecule has 0 bridgehead atoms. The van der Waals surface area contributed by atoms with E-state index in [9.17, 15) is 19.7 Å². The third-order valence-corrected chi connectivity index (χ3v) is 2.25. The van der Waals surface area contributed by atoms with Crippen LogP contribution < -0.4 is 10.6 Å². The molecule has 19 heavy (non-hydrogen) atoms. The summed E-state index contributed by atoms with van der Waals surface area (Å²) < 4.78 is 0. The minimum atomic E-state index is -1.12. The van der Waals surface area contributed by atoms with Crippen LogP contribution in [0, 0.1) is 10.1 Å². The minimum Gasteiger partial charge on any atom is -0.480 e. The van der Waals surface area contributed by atoms with Crippen molar-refractivity contribution in [3.05, 3.63) is 39.9 Å². The van der Waals surface area contributed by atoms with Crippen molar-refractivity contribution in [3.8, 4) is 0 Å². The molecule has 0 fully saturated rings. The Morgan fingerprint density at radius 3 is 2.37 bits per heavy atom. The Kier molecular flexibility index (Phi) is 5.27. The standard InChI is InChI=1S/C11H13N3O5/c15-10(16)7-13-11(17)12-6-5-8-1-3-9(4-2-8)14(18)19/h1-4H,5-7H2,(H,15,16)(H2,12,13,17). The molecule has 8 heteroatoms. The van der Waals surface area contributed by atoms with E-state index in [1.165, 1.54) is 12.1 Å². The fourth-order valence-corrected chi connectivity index (χ4v) is 1.32. The van der Waals surface area contributed by atoms with Gasteiger partial charge in [-0.3, -0.25) is 14.9 Å². The van der Waals surface area contributed by atoms with E-state index in [0.717, 1.165) is 5.56 Å². The molecule has 0 spiro atoms. The highest BCUT2D eigenvalue weighted by atomic mass is 16.6. The van der Waals surface area contributed by atoms with Gasteiger partial charge in [-0.15, -0.1) is 0 Å². The summed E-state index contributed by atoms with van der Waals surface area (Å²) in [5.74, 6) is -1.12. The summed E-state index contributed by atoms with van der Waals surface area (Å²) in [5, 5.41) is 23.4. The van der Waals surface area contributed by atoms with Crippen LogP contribution in [-0.4, -0.2) is 35.1 Å². The van der Waals surface area contributed by atoms with E-state index < -0.39 is 23.5 Å².